The summed E-state index contributed by atoms with van der Waals surface area (Å²) in [6.07, 6.45) is 4.85. The molecule has 0 aliphatic carbocycles. The number of nitriles is 2. The van der Waals surface area contributed by atoms with Gasteiger partial charge in [-0.15, -0.1) is 0 Å². The Labute approximate surface area is 156 Å². The van der Waals surface area contributed by atoms with Crippen LogP contribution in [-0.4, -0.2) is 29.6 Å². The van der Waals surface area contributed by atoms with E-state index >= 15 is 0 Å². The van der Waals surface area contributed by atoms with Gasteiger partial charge in [-0.2, -0.15) is 10.5 Å². The molecule has 0 fully saturated rings. The molecule has 1 atom stereocenters. The summed E-state index contributed by atoms with van der Waals surface area (Å²) >= 11 is 0. The number of nitrogens with zero attached hydrogens (tertiary/aromatic N) is 3. The fourth-order valence-corrected chi connectivity index (χ4v) is 2.59. The van der Waals surface area contributed by atoms with E-state index in [1.54, 1.807) is 18.3 Å². The Morgan fingerprint density at radius 2 is 1.92 bits per heavy atom. The minimum atomic E-state index is -0.511. The van der Waals surface area contributed by atoms with Gasteiger partial charge < -0.3 is 9.64 Å². The summed E-state index contributed by atoms with van der Waals surface area (Å²) in [7, 11) is 0. The molecule has 5 heteroatoms. The van der Waals surface area contributed by atoms with Crippen LogP contribution in [0.1, 0.15) is 62.4 Å². The van der Waals surface area contributed by atoms with Crippen molar-refractivity contribution in [2.45, 2.75) is 52.1 Å². The smallest absolute Gasteiger partial charge is 0.338 e. The highest BCUT2D eigenvalue weighted by atomic mass is 16.6. The van der Waals surface area contributed by atoms with Crippen molar-refractivity contribution in [3.63, 3.8) is 0 Å². The highest BCUT2D eigenvalue weighted by molar-refractivity contribution is 5.89. The lowest BCUT2D eigenvalue weighted by molar-refractivity contribution is 0.00695. The first-order valence-electron chi connectivity index (χ1n) is 8.81. The normalized spacial score (nSPS) is 12.2. The lowest BCUT2D eigenvalue weighted by Gasteiger charge is -2.22. The summed E-state index contributed by atoms with van der Waals surface area (Å²) in [5.74, 6) is -0.00157. The van der Waals surface area contributed by atoms with Gasteiger partial charge in [0.05, 0.1) is 17.7 Å². The fraction of sp³-hybridized carbons (Fsp3) is 0.476. The predicted octanol–water partition coefficient (Wildman–Crippen LogP) is 4.39. The zero-order valence-corrected chi connectivity index (χ0v) is 16.0. The van der Waals surface area contributed by atoms with E-state index in [0.29, 0.717) is 18.0 Å². The van der Waals surface area contributed by atoms with Crippen molar-refractivity contribution < 1.29 is 9.53 Å². The van der Waals surface area contributed by atoms with Crippen LogP contribution in [0.15, 0.2) is 36.5 Å². The highest BCUT2D eigenvalue weighted by Gasteiger charge is 2.18. The Morgan fingerprint density at radius 3 is 2.42 bits per heavy atom. The van der Waals surface area contributed by atoms with Gasteiger partial charge in [-0.25, -0.2) is 4.79 Å². The van der Waals surface area contributed by atoms with Crippen molar-refractivity contribution in [3.8, 4) is 12.1 Å². The zero-order chi connectivity index (χ0) is 19.6. The number of hydrogen-bond acceptors (Lipinski definition) is 5. The Hall–Kier alpha value is -2.79. The van der Waals surface area contributed by atoms with Crippen LogP contribution in [-0.2, 0) is 4.74 Å². The Kier molecular flexibility index (Phi) is 8.38. The lowest BCUT2D eigenvalue weighted by atomic mass is 9.92. The van der Waals surface area contributed by atoms with Gasteiger partial charge in [-0.1, -0.05) is 19.1 Å². The largest absolute Gasteiger partial charge is 0.456 e. The summed E-state index contributed by atoms with van der Waals surface area (Å²) in [6, 6.07) is 11.6. The summed E-state index contributed by atoms with van der Waals surface area (Å²) in [5.41, 5.74) is 1.19. The van der Waals surface area contributed by atoms with Crippen LogP contribution in [0.5, 0.6) is 0 Å². The first kappa shape index (κ1) is 21.3. The van der Waals surface area contributed by atoms with Crippen molar-refractivity contribution in [3.05, 3.63) is 47.7 Å². The van der Waals surface area contributed by atoms with Gasteiger partial charge in [0.25, 0.3) is 0 Å². The van der Waals surface area contributed by atoms with E-state index in [-0.39, 0.29) is 12.5 Å². The molecule has 0 saturated carbocycles. The molecule has 0 amide bonds. The minimum Gasteiger partial charge on any atom is -0.456 e. The van der Waals surface area contributed by atoms with E-state index in [9.17, 15) is 4.79 Å². The van der Waals surface area contributed by atoms with Crippen molar-refractivity contribution in [1.29, 1.82) is 10.5 Å². The second kappa shape index (κ2) is 10.3. The molecule has 0 bridgehead atoms. The first-order valence-corrected chi connectivity index (χ1v) is 8.81. The number of hydrogen-bond donors (Lipinski definition) is 0. The van der Waals surface area contributed by atoms with E-state index in [2.05, 4.69) is 13.0 Å². The third-order valence-corrected chi connectivity index (χ3v) is 3.91. The summed E-state index contributed by atoms with van der Waals surface area (Å²) in [6.45, 7) is 8.61. The van der Waals surface area contributed by atoms with E-state index in [1.165, 1.54) is 6.08 Å². The highest BCUT2D eigenvalue weighted by Crippen LogP contribution is 2.24. The van der Waals surface area contributed by atoms with Gasteiger partial charge in [0.1, 0.15) is 12.1 Å². The molecule has 1 rings (SSSR count). The van der Waals surface area contributed by atoms with E-state index < -0.39 is 5.60 Å². The zero-order valence-electron chi connectivity index (χ0n) is 16.0. The first-order chi connectivity index (χ1) is 12.3. The molecule has 1 unspecified atom stereocenters. The SMILES string of the molecule is CCC(CCN(/C=C\C#N)CC#N)c1ccc(C(=O)OC(C)(C)C)cc1. The van der Waals surface area contributed by atoms with Crippen LogP contribution in [0, 0.1) is 22.7 Å². The van der Waals surface area contributed by atoms with Gasteiger partial charge in [0.15, 0.2) is 0 Å². The maximum atomic E-state index is 12.1. The summed E-state index contributed by atoms with van der Waals surface area (Å²) < 4.78 is 5.38. The molecule has 1 aromatic rings. The topological polar surface area (TPSA) is 77.1 Å². The standard InChI is InChI=1S/C21H27N3O2/c1-5-17(11-15-24(16-13-23)14-6-12-22)18-7-9-19(10-8-18)20(25)26-21(2,3)4/h6-10,14,17H,5,11,15-16H2,1-4H3/b14-6-. The third kappa shape index (κ3) is 7.40. The molecule has 0 radical (unpaired) electrons. The number of carbonyl (C=O) groups excluding carboxylic acids is 1. The average Bonchev–Trinajstić information content (AvgIpc) is 2.59. The van der Waals surface area contributed by atoms with E-state index in [4.69, 9.17) is 15.3 Å². The summed E-state index contributed by atoms with van der Waals surface area (Å²) in [4.78, 5) is 13.9. The Bertz CT molecular complexity index is 688. The van der Waals surface area contributed by atoms with Gasteiger partial charge in [-0.05, 0) is 57.2 Å². The average molecular weight is 353 g/mol. The second-order valence-electron chi connectivity index (χ2n) is 7.09. The third-order valence-electron chi connectivity index (χ3n) is 3.91. The molecule has 0 aliphatic rings. The maximum absolute atomic E-state index is 12.1. The van der Waals surface area contributed by atoms with Crippen LogP contribution in [0.4, 0.5) is 0 Å². The lowest BCUT2D eigenvalue weighted by Crippen LogP contribution is -2.23. The molecule has 0 saturated heterocycles. The van der Waals surface area contributed by atoms with Crippen molar-refractivity contribution in [1.82, 2.24) is 4.90 Å². The number of carbonyl (C=O) groups is 1. The fourth-order valence-electron chi connectivity index (χ4n) is 2.59. The molecular formula is C21H27N3O2. The van der Waals surface area contributed by atoms with Crippen molar-refractivity contribution >= 4 is 5.97 Å². The van der Waals surface area contributed by atoms with Crippen LogP contribution < -0.4 is 0 Å². The van der Waals surface area contributed by atoms with Crippen LogP contribution >= 0.6 is 0 Å². The Balaban J connectivity index is 2.76. The number of ether oxygens (including phenoxy) is 1. The summed E-state index contributed by atoms with van der Waals surface area (Å²) in [5, 5.41) is 17.5. The van der Waals surface area contributed by atoms with Crippen LogP contribution in [0.3, 0.4) is 0 Å². The number of allylic oxidation sites excluding steroid dienone is 1. The molecule has 0 heterocycles. The Morgan fingerprint density at radius 1 is 1.27 bits per heavy atom. The molecule has 0 aromatic heterocycles. The molecular weight excluding hydrogens is 326 g/mol. The monoisotopic (exact) mass is 353 g/mol. The number of esters is 1. The molecule has 138 valence electrons. The van der Waals surface area contributed by atoms with E-state index in [1.807, 2.05) is 43.9 Å². The molecule has 0 aliphatic heterocycles. The minimum absolute atomic E-state index is 0.256. The van der Waals surface area contributed by atoms with Crippen LogP contribution in [0.25, 0.3) is 0 Å². The maximum Gasteiger partial charge on any atom is 0.338 e. The number of rotatable bonds is 8. The van der Waals surface area contributed by atoms with Crippen molar-refractivity contribution in [2.24, 2.45) is 0 Å². The second-order valence-corrected chi connectivity index (χ2v) is 7.09. The van der Waals surface area contributed by atoms with E-state index in [0.717, 1.165) is 18.4 Å². The van der Waals surface area contributed by atoms with Gasteiger partial charge in [0.2, 0.25) is 0 Å². The molecule has 5 nitrogen and oxygen atoms in total. The van der Waals surface area contributed by atoms with Crippen LogP contribution in [0.2, 0.25) is 0 Å². The predicted molar refractivity (Wildman–Crippen MR) is 101 cm³/mol. The van der Waals surface area contributed by atoms with Gasteiger partial charge in [0, 0.05) is 18.8 Å². The van der Waals surface area contributed by atoms with Crippen molar-refractivity contribution in [2.75, 3.05) is 13.1 Å². The molecule has 0 spiro atoms. The quantitative estimate of drug-likeness (QED) is 0.393. The van der Waals surface area contributed by atoms with Gasteiger partial charge in [-0.3, -0.25) is 0 Å². The number of benzene rings is 1. The molecule has 0 N–H and O–H groups in total. The molecule has 26 heavy (non-hydrogen) atoms. The van der Waals surface area contributed by atoms with Gasteiger partial charge >= 0.3 is 5.97 Å². The molecule has 1 aromatic carbocycles.